The van der Waals surface area contributed by atoms with Crippen molar-refractivity contribution < 1.29 is 17.9 Å². The molecule has 0 unspecified atom stereocenters. The lowest BCUT2D eigenvalue weighted by Crippen LogP contribution is -2.20. The van der Waals surface area contributed by atoms with Crippen molar-refractivity contribution in [2.45, 2.75) is 12.7 Å². The van der Waals surface area contributed by atoms with Crippen LogP contribution in [-0.4, -0.2) is 12.8 Å². The molecule has 84 valence electrons. The average Bonchev–Trinajstić information content (AvgIpc) is 2.16. The highest BCUT2D eigenvalue weighted by molar-refractivity contribution is 7.78. The van der Waals surface area contributed by atoms with Gasteiger partial charge in [0.1, 0.15) is 5.75 Å². The number of alkyl halides is 3. The first kappa shape index (κ1) is 12.2. The lowest BCUT2D eigenvalue weighted by Gasteiger charge is -2.12. The number of ether oxygens (including phenoxy) is 1. The maximum Gasteiger partial charge on any atom is 0.422 e. The van der Waals surface area contributed by atoms with Crippen LogP contribution >= 0.6 is 12.8 Å². The molecule has 0 spiro atoms. The molecule has 6 heteroatoms. The maximum atomic E-state index is 11.9. The number of para-hydroxylation sites is 1. The standard InChI is InChI=1S/C9H10F3NOS/c10-9(11,12)6-14-8-4-2-1-3-7(8)5-13-15/h1-4,13,15H,5-6H2. The minimum Gasteiger partial charge on any atom is -0.484 e. The van der Waals surface area contributed by atoms with Crippen LogP contribution in [0.2, 0.25) is 0 Å². The van der Waals surface area contributed by atoms with E-state index in [9.17, 15) is 13.2 Å². The first-order valence-electron chi connectivity index (χ1n) is 4.17. The van der Waals surface area contributed by atoms with Gasteiger partial charge in [0.2, 0.25) is 0 Å². The lowest BCUT2D eigenvalue weighted by atomic mass is 10.2. The van der Waals surface area contributed by atoms with Gasteiger partial charge in [0, 0.05) is 12.1 Å². The molecule has 0 radical (unpaired) electrons. The van der Waals surface area contributed by atoms with Gasteiger partial charge in [-0.3, -0.25) is 4.72 Å². The second kappa shape index (κ2) is 5.27. The van der Waals surface area contributed by atoms with Gasteiger partial charge >= 0.3 is 6.18 Å². The quantitative estimate of drug-likeness (QED) is 0.785. The second-order valence-electron chi connectivity index (χ2n) is 2.85. The Morgan fingerprint density at radius 2 is 1.93 bits per heavy atom. The molecule has 0 saturated heterocycles. The number of thiol groups is 1. The predicted octanol–water partition coefficient (Wildman–Crippen LogP) is 2.56. The number of halogens is 3. The zero-order valence-corrected chi connectivity index (χ0v) is 8.61. The number of hydrogen-bond donors (Lipinski definition) is 2. The Bertz CT molecular complexity index is 316. The van der Waals surface area contributed by atoms with Crippen LogP contribution in [-0.2, 0) is 6.54 Å². The van der Waals surface area contributed by atoms with E-state index in [-0.39, 0.29) is 5.75 Å². The van der Waals surface area contributed by atoms with E-state index in [0.29, 0.717) is 12.1 Å². The van der Waals surface area contributed by atoms with E-state index in [1.54, 1.807) is 18.2 Å². The molecule has 1 rings (SSSR count). The summed E-state index contributed by atoms with van der Waals surface area (Å²) in [5, 5.41) is 0. The van der Waals surface area contributed by atoms with E-state index in [0.717, 1.165) is 0 Å². The van der Waals surface area contributed by atoms with Crippen molar-refractivity contribution >= 4 is 12.8 Å². The molecule has 0 aliphatic rings. The summed E-state index contributed by atoms with van der Waals surface area (Å²) < 4.78 is 42.9. The Balaban J connectivity index is 2.67. The highest BCUT2D eigenvalue weighted by Gasteiger charge is 2.28. The van der Waals surface area contributed by atoms with Crippen LogP contribution in [0.15, 0.2) is 24.3 Å². The van der Waals surface area contributed by atoms with Gasteiger partial charge in [0.15, 0.2) is 6.61 Å². The molecule has 0 saturated carbocycles. The Morgan fingerprint density at radius 1 is 1.27 bits per heavy atom. The fourth-order valence-corrected chi connectivity index (χ4v) is 1.21. The van der Waals surface area contributed by atoms with E-state index in [1.165, 1.54) is 6.07 Å². The Hall–Kier alpha value is -0.880. The third kappa shape index (κ3) is 4.44. The maximum absolute atomic E-state index is 11.9. The van der Waals surface area contributed by atoms with Gasteiger partial charge in [-0.2, -0.15) is 13.2 Å². The van der Waals surface area contributed by atoms with Gasteiger partial charge in [0.25, 0.3) is 0 Å². The number of nitrogens with one attached hydrogen (secondary N) is 1. The van der Waals surface area contributed by atoms with Crippen molar-refractivity contribution in [2.75, 3.05) is 6.61 Å². The van der Waals surface area contributed by atoms with Crippen molar-refractivity contribution in [3.63, 3.8) is 0 Å². The molecular weight excluding hydrogens is 227 g/mol. The lowest BCUT2D eigenvalue weighted by molar-refractivity contribution is -0.153. The van der Waals surface area contributed by atoms with E-state index >= 15 is 0 Å². The van der Waals surface area contributed by atoms with Crippen molar-refractivity contribution in [3.8, 4) is 5.75 Å². The minimum absolute atomic E-state index is 0.219. The molecule has 0 aliphatic heterocycles. The molecule has 15 heavy (non-hydrogen) atoms. The molecule has 0 atom stereocenters. The predicted molar refractivity (Wildman–Crippen MR) is 53.8 cm³/mol. The average molecular weight is 237 g/mol. The Kier molecular flexibility index (Phi) is 4.28. The topological polar surface area (TPSA) is 21.3 Å². The summed E-state index contributed by atoms with van der Waals surface area (Å²) in [4.78, 5) is 0. The highest BCUT2D eigenvalue weighted by atomic mass is 32.1. The molecule has 1 aromatic rings. The van der Waals surface area contributed by atoms with Crippen molar-refractivity contribution in [2.24, 2.45) is 0 Å². The highest BCUT2D eigenvalue weighted by Crippen LogP contribution is 2.21. The van der Waals surface area contributed by atoms with Crippen LogP contribution < -0.4 is 9.46 Å². The first-order chi connectivity index (χ1) is 7.03. The van der Waals surface area contributed by atoms with Gasteiger partial charge in [-0.05, 0) is 6.07 Å². The zero-order valence-electron chi connectivity index (χ0n) is 7.71. The SMILES string of the molecule is FC(F)(F)COc1ccccc1CNS. The van der Waals surface area contributed by atoms with E-state index < -0.39 is 12.8 Å². The van der Waals surface area contributed by atoms with Crippen LogP contribution in [0.3, 0.4) is 0 Å². The zero-order chi connectivity index (χ0) is 11.3. The largest absolute Gasteiger partial charge is 0.484 e. The van der Waals surface area contributed by atoms with Crippen molar-refractivity contribution in [1.82, 2.24) is 4.72 Å². The van der Waals surface area contributed by atoms with Crippen LogP contribution in [0.1, 0.15) is 5.56 Å². The van der Waals surface area contributed by atoms with Gasteiger partial charge < -0.3 is 4.74 Å². The van der Waals surface area contributed by atoms with E-state index in [4.69, 9.17) is 0 Å². The molecule has 0 fully saturated rings. The van der Waals surface area contributed by atoms with E-state index in [1.807, 2.05) is 0 Å². The second-order valence-corrected chi connectivity index (χ2v) is 3.16. The number of hydrogen-bond acceptors (Lipinski definition) is 3. The molecule has 0 aliphatic carbocycles. The summed E-state index contributed by atoms with van der Waals surface area (Å²) >= 11 is 3.78. The fourth-order valence-electron chi connectivity index (χ4n) is 1.04. The third-order valence-corrected chi connectivity index (χ3v) is 1.79. The summed E-state index contributed by atoms with van der Waals surface area (Å²) in [6, 6.07) is 6.51. The van der Waals surface area contributed by atoms with Crippen molar-refractivity contribution in [1.29, 1.82) is 0 Å². The first-order valence-corrected chi connectivity index (χ1v) is 4.62. The van der Waals surface area contributed by atoms with Crippen LogP contribution in [0, 0.1) is 0 Å². The smallest absolute Gasteiger partial charge is 0.422 e. The van der Waals surface area contributed by atoms with Gasteiger partial charge in [-0.15, -0.1) is 0 Å². The van der Waals surface area contributed by atoms with Gasteiger partial charge in [-0.25, -0.2) is 0 Å². The molecule has 0 heterocycles. The minimum atomic E-state index is -4.32. The van der Waals surface area contributed by atoms with Gasteiger partial charge in [0.05, 0.1) is 0 Å². The normalized spacial score (nSPS) is 11.5. The summed E-state index contributed by atoms with van der Waals surface area (Å²) in [6.07, 6.45) is -4.32. The van der Waals surface area contributed by atoms with Crippen molar-refractivity contribution in [3.05, 3.63) is 29.8 Å². The van der Waals surface area contributed by atoms with Crippen LogP contribution in [0.4, 0.5) is 13.2 Å². The summed E-state index contributed by atoms with van der Waals surface area (Å²) in [6.45, 7) is -0.937. The summed E-state index contributed by atoms with van der Waals surface area (Å²) in [5.74, 6) is 0.219. The molecule has 1 aromatic carbocycles. The number of rotatable bonds is 4. The fraction of sp³-hybridized carbons (Fsp3) is 0.333. The van der Waals surface area contributed by atoms with Crippen LogP contribution in [0.5, 0.6) is 5.75 Å². The van der Waals surface area contributed by atoms with E-state index in [2.05, 4.69) is 22.3 Å². The summed E-state index contributed by atoms with van der Waals surface area (Å²) in [5.41, 5.74) is 0.636. The molecule has 1 N–H and O–H groups in total. The molecule has 0 aromatic heterocycles. The third-order valence-electron chi connectivity index (χ3n) is 1.63. The molecule has 2 nitrogen and oxygen atoms in total. The molecular formula is C9H10F3NOS. The van der Waals surface area contributed by atoms with Gasteiger partial charge in [-0.1, -0.05) is 31.0 Å². The monoisotopic (exact) mass is 237 g/mol. The molecule has 0 bridgehead atoms. The Labute approximate surface area is 91.0 Å². The number of benzene rings is 1. The summed E-state index contributed by atoms with van der Waals surface area (Å²) in [7, 11) is 0. The Morgan fingerprint density at radius 3 is 2.53 bits per heavy atom. The molecule has 0 amide bonds. The van der Waals surface area contributed by atoms with Crippen LogP contribution in [0.25, 0.3) is 0 Å².